The predicted molar refractivity (Wildman–Crippen MR) is 60.8 cm³/mol. The third-order valence-corrected chi connectivity index (χ3v) is 2.87. The Labute approximate surface area is 94.1 Å². The van der Waals surface area contributed by atoms with Gasteiger partial charge in [-0.3, -0.25) is 0 Å². The van der Waals surface area contributed by atoms with Crippen LogP contribution < -0.4 is 10.6 Å². The van der Waals surface area contributed by atoms with E-state index in [0.717, 1.165) is 19.4 Å². The summed E-state index contributed by atoms with van der Waals surface area (Å²) in [5.41, 5.74) is 6.55. The summed E-state index contributed by atoms with van der Waals surface area (Å²) in [5, 5.41) is 18.3. The maximum atomic E-state index is 9.24. The molecule has 0 saturated carbocycles. The maximum absolute atomic E-state index is 9.24. The highest BCUT2D eigenvalue weighted by Crippen LogP contribution is 2.27. The quantitative estimate of drug-likeness (QED) is 0.754. The number of hydrogen-bond donors (Lipinski definition) is 2. The Morgan fingerprint density at radius 3 is 3.19 bits per heavy atom. The zero-order valence-electron chi connectivity index (χ0n) is 8.93. The minimum atomic E-state index is 0.0724. The molecule has 16 heavy (non-hydrogen) atoms. The number of nitrogens with zero attached hydrogens (tertiary/aromatic N) is 3. The second-order valence-electron chi connectivity index (χ2n) is 3.92. The van der Waals surface area contributed by atoms with Gasteiger partial charge in [0.05, 0.1) is 30.1 Å². The van der Waals surface area contributed by atoms with E-state index in [1.54, 1.807) is 12.3 Å². The van der Waals surface area contributed by atoms with Gasteiger partial charge >= 0.3 is 0 Å². The van der Waals surface area contributed by atoms with Gasteiger partial charge in [-0.25, -0.2) is 4.98 Å². The number of pyridine rings is 1. The van der Waals surface area contributed by atoms with Gasteiger partial charge in [0.2, 0.25) is 0 Å². The second kappa shape index (κ2) is 4.37. The van der Waals surface area contributed by atoms with Crippen LogP contribution in [0.1, 0.15) is 18.4 Å². The average Bonchev–Trinajstić information content (AvgIpc) is 2.76. The van der Waals surface area contributed by atoms with Gasteiger partial charge < -0.3 is 15.7 Å². The van der Waals surface area contributed by atoms with Gasteiger partial charge in [0.25, 0.3) is 0 Å². The lowest BCUT2D eigenvalue weighted by atomic mass is 10.2. The third kappa shape index (κ3) is 1.79. The normalized spacial score (nSPS) is 19.8. The molecular formula is C11H14N4O. The average molecular weight is 218 g/mol. The molecule has 1 aromatic heterocycles. The first kappa shape index (κ1) is 10.7. The van der Waals surface area contributed by atoms with Gasteiger partial charge in [-0.05, 0) is 18.9 Å². The number of hydrogen-bond acceptors (Lipinski definition) is 5. The first-order chi connectivity index (χ1) is 7.76. The van der Waals surface area contributed by atoms with Crippen molar-refractivity contribution >= 4 is 11.5 Å². The van der Waals surface area contributed by atoms with Gasteiger partial charge in [0.1, 0.15) is 11.9 Å². The van der Waals surface area contributed by atoms with Crippen molar-refractivity contribution in [3.05, 3.63) is 17.8 Å². The van der Waals surface area contributed by atoms with Gasteiger partial charge in [-0.2, -0.15) is 5.26 Å². The molecule has 0 aromatic carbocycles. The summed E-state index contributed by atoms with van der Waals surface area (Å²) in [5.74, 6) is 0.633. The molecule has 2 rings (SSSR count). The minimum absolute atomic E-state index is 0.0724. The van der Waals surface area contributed by atoms with Crippen LogP contribution in [0.25, 0.3) is 0 Å². The van der Waals surface area contributed by atoms with Gasteiger partial charge in [-0.1, -0.05) is 0 Å². The second-order valence-corrected chi connectivity index (χ2v) is 3.92. The van der Waals surface area contributed by atoms with Crippen LogP contribution in [0.3, 0.4) is 0 Å². The van der Waals surface area contributed by atoms with E-state index in [0.29, 0.717) is 17.1 Å². The number of aliphatic hydroxyl groups is 1. The summed E-state index contributed by atoms with van der Waals surface area (Å²) < 4.78 is 0. The molecule has 0 amide bonds. The smallest absolute Gasteiger partial charge is 0.146 e. The highest BCUT2D eigenvalue weighted by Gasteiger charge is 2.26. The summed E-state index contributed by atoms with van der Waals surface area (Å²) >= 11 is 0. The number of nitrogens with two attached hydrogens (primary N) is 1. The van der Waals surface area contributed by atoms with E-state index in [1.165, 1.54) is 0 Å². The Morgan fingerprint density at radius 2 is 2.50 bits per heavy atom. The molecule has 1 atom stereocenters. The van der Waals surface area contributed by atoms with Gasteiger partial charge in [0, 0.05) is 6.54 Å². The standard InChI is InChI=1S/C11H14N4O/c12-5-8-4-9(13)6-14-11(8)15-3-1-2-10(15)7-16/h4,6,10,16H,1-3,7,13H2. The molecule has 5 nitrogen and oxygen atoms in total. The molecule has 3 N–H and O–H groups in total. The van der Waals surface area contributed by atoms with Crippen molar-refractivity contribution in [3.63, 3.8) is 0 Å². The Balaban J connectivity index is 2.36. The Hall–Kier alpha value is -1.80. The van der Waals surface area contributed by atoms with Crippen LogP contribution in [0.2, 0.25) is 0 Å². The van der Waals surface area contributed by atoms with E-state index < -0.39 is 0 Å². The number of aliphatic hydroxyl groups excluding tert-OH is 1. The molecular weight excluding hydrogens is 204 g/mol. The molecule has 1 aliphatic rings. The molecule has 0 aliphatic carbocycles. The predicted octanol–water partition coefficient (Wildman–Crippen LogP) is 0.497. The zero-order chi connectivity index (χ0) is 11.5. The van der Waals surface area contributed by atoms with Crippen molar-refractivity contribution in [2.45, 2.75) is 18.9 Å². The monoisotopic (exact) mass is 218 g/mol. The van der Waals surface area contributed by atoms with E-state index in [9.17, 15) is 5.11 Å². The van der Waals surface area contributed by atoms with Gasteiger partial charge in [-0.15, -0.1) is 0 Å². The van der Waals surface area contributed by atoms with E-state index in [-0.39, 0.29) is 12.6 Å². The van der Waals surface area contributed by atoms with Crippen molar-refractivity contribution in [3.8, 4) is 6.07 Å². The Bertz CT molecular complexity index is 426. The lowest BCUT2D eigenvalue weighted by Gasteiger charge is -2.24. The molecule has 1 fully saturated rings. The fraction of sp³-hybridized carbons (Fsp3) is 0.455. The lowest BCUT2D eigenvalue weighted by Crippen LogP contribution is -2.33. The van der Waals surface area contributed by atoms with Crippen LogP contribution in [-0.4, -0.2) is 29.3 Å². The molecule has 5 heteroatoms. The van der Waals surface area contributed by atoms with Gasteiger partial charge in [0.15, 0.2) is 0 Å². The molecule has 0 spiro atoms. The first-order valence-electron chi connectivity index (χ1n) is 5.29. The molecule has 1 unspecified atom stereocenters. The fourth-order valence-electron chi connectivity index (χ4n) is 2.09. The maximum Gasteiger partial charge on any atom is 0.146 e. The zero-order valence-corrected chi connectivity index (χ0v) is 8.93. The van der Waals surface area contributed by atoms with Crippen LogP contribution in [0.4, 0.5) is 11.5 Å². The van der Waals surface area contributed by atoms with Crippen molar-refractivity contribution in [1.82, 2.24) is 4.98 Å². The van der Waals surface area contributed by atoms with E-state index in [1.807, 2.05) is 4.90 Å². The molecule has 1 saturated heterocycles. The van der Waals surface area contributed by atoms with Crippen LogP contribution >= 0.6 is 0 Å². The van der Waals surface area contributed by atoms with Crippen molar-refractivity contribution in [2.24, 2.45) is 0 Å². The van der Waals surface area contributed by atoms with E-state index in [2.05, 4.69) is 11.1 Å². The fourth-order valence-corrected chi connectivity index (χ4v) is 2.09. The first-order valence-corrected chi connectivity index (χ1v) is 5.29. The number of aromatic nitrogens is 1. The summed E-state index contributed by atoms with van der Waals surface area (Å²) in [6, 6.07) is 3.78. The molecule has 1 aromatic rings. The molecule has 84 valence electrons. The van der Waals surface area contributed by atoms with Crippen LogP contribution in [0.5, 0.6) is 0 Å². The summed E-state index contributed by atoms with van der Waals surface area (Å²) in [6.07, 6.45) is 3.50. The number of nitrogen functional groups attached to an aromatic ring is 1. The SMILES string of the molecule is N#Cc1cc(N)cnc1N1CCCC1CO. The molecule has 0 bridgehead atoms. The van der Waals surface area contributed by atoms with Crippen LogP contribution in [-0.2, 0) is 0 Å². The highest BCUT2D eigenvalue weighted by molar-refractivity contribution is 5.59. The molecule has 0 radical (unpaired) electrons. The van der Waals surface area contributed by atoms with Crippen molar-refractivity contribution in [2.75, 3.05) is 23.8 Å². The molecule has 1 aliphatic heterocycles. The summed E-state index contributed by atoms with van der Waals surface area (Å²) in [6.45, 7) is 0.924. The van der Waals surface area contributed by atoms with Crippen LogP contribution in [0.15, 0.2) is 12.3 Å². The Morgan fingerprint density at radius 1 is 1.69 bits per heavy atom. The van der Waals surface area contributed by atoms with Crippen molar-refractivity contribution in [1.29, 1.82) is 5.26 Å². The number of nitriles is 1. The van der Waals surface area contributed by atoms with E-state index >= 15 is 0 Å². The Kier molecular flexibility index (Phi) is 2.93. The van der Waals surface area contributed by atoms with Crippen LogP contribution in [0, 0.1) is 11.3 Å². The highest BCUT2D eigenvalue weighted by atomic mass is 16.3. The largest absolute Gasteiger partial charge is 0.397 e. The van der Waals surface area contributed by atoms with E-state index in [4.69, 9.17) is 11.0 Å². The summed E-state index contributed by atoms with van der Waals surface area (Å²) in [4.78, 5) is 6.18. The minimum Gasteiger partial charge on any atom is -0.397 e. The van der Waals surface area contributed by atoms with Crippen molar-refractivity contribution < 1.29 is 5.11 Å². The topological polar surface area (TPSA) is 86.2 Å². The summed E-state index contributed by atoms with van der Waals surface area (Å²) in [7, 11) is 0. The molecule has 2 heterocycles. The number of rotatable bonds is 2. The lowest BCUT2D eigenvalue weighted by molar-refractivity contribution is 0.266. The third-order valence-electron chi connectivity index (χ3n) is 2.87. The number of anilines is 2.